The van der Waals surface area contributed by atoms with Crippen molar-refractivity contribution in [1.29, 1.82) is 0 Å². The van der Waals surface area contributed by atoms with Gasteiger partial charge in [0.15, 0.2) is 0 Å². The molecular formula is C12H21N5O2S. The number of nitrogens with zero attached hydrogens (tertiary/aromatic N) is 4. The molecule has 3 heterocycles. The van der Waals surface area contributed by atoms with E-state index in [9.17, 15) is 8.42 Å². The highest BCUT2D eigenvalue weighted by Crippen LogP contribution is 2.23. The fourth-order valence-corrected chi connectivity index (χ4v) is 4.48. The van der Waals surface area contributed by atoms with Crippen LogP contribution < -0.4 is 5.73 Å². The molecule has 1 aromatic heterocycles. The van der Waals surface area contributed by atoms with Crippen LogP contribution in [0.4, 0.5) is 0 Å². The third-order valence-corrected chi connectivity index (χ3v) is 6.25. The molecule has 1 aromatic rings. The number of piperidine rings is 1. The lowest BCUT2D eigenvalue weighted by atomic mass is 9.99. The van der Waals surface area contributed by atoms with Gasteiger partial charge in [-0.25, -0.2) is 4.98 Å². The molecular weight excluding hydrogens is 278 g/mol. The Hall–Kier alpha value is -0.960. The van der Waals surface area contributed by atoms with E-state index >= 15 is 0 Å². The Morgan fingerprint density at radius 2 is 1.95 bits per heavy atom. The molecule has 1 saturated heterocycles. The maximum Gasteiger partial charge on any atom is 0.282 e. The summed E-state index contributed by atoms with van der Waals surface area (Å²) in [5.41, 5.74) is 5.65. The summed E-state index contributed by atoms with van der Waals surface area (Å²) >= 11 is 0. The van der Waals surface area contributed by atoms with E-state index in [1.165, 1.54) is 4.31 Å². The predicted molar refractivity (Wildman–Crippen MR) is 74.9 cm³/mol. The van der Waals surface area contributed by atoms with Gasteiger partial charge in [0.05, 0.1) is 6.54 Å². The van der Waals surface area contributed by atoms with Gasteiger partial charge in [0, 0.05) is 38.6 Å². The molecule has 0 saturated carbocycles. The first kappa shape index (κ1) is 14.0. The van der Waals surface area contributed by atoms with E-state index in [2.05, 4.69) is 4.98 Å². The van der Waals surface area contributed by atoms with Gasteiger partial charge in [-0.1, -0.05) is 0 Å². The van der Waals surface area contributed by atoms with Crippen LogP contribution in [0, 0.1) is 5.92 Å². The topological polar surface area (TPSA) is 84.5 Å². The minimum absolute atomic E-state index is 0.367. The average Bonchev–Trinajstić information content (AvgIpc) is 2.94. The molecule has 112 valence electrons. The summed E-state index contributed by atoms with van der Waals surface area (Å²) in [5.74, 6) is 1.28. The van der Waals surface area contributed by atoms with E-state index in [-0.39, 0.29) is 0 Å². The molecule has 1 fully saturated rings. The maximum atomic E-state index is 12.7. The summed E-state index contributed by atoms with van der Waals surface area (Å²) in [7, 11) is -3.36. The Labute approximate surface area is 119 Å². The largest absolute Gasteiger partial charge is 0.333 e. The number of aromatic nitrogens is 2. The van der Waals surface area contributed by atoms with E-state index in [0.717, 1.165) is 18.7 Å². The van der Waals surface area contributed by atoms with Crippen molar-refractivity contribution in [3.8, 4) is 0 Å². The van der Waals surface area contributed by atoms with E-state index in [1.54, 1.807) is 10.5 Å². The average molecular weight is 299 g/mol. The zero-order valence-electron chi connectivity index (χ0n) is 11.5. The van der Waals surface area contributed by atoms with Gasteiger partial charge >= 0.3 is 0 Å². The van der Waals surface area contributed by atoms with Crippen molar-refractivity contribution in [2.24, 2.45) is 11.7 Å². The van der Waals surface area contributed by atoms with Crippen LogP contribution in [0.5, 0.6) is 0 Å². The number of imidazole rings is 1. The summed E-state index contributed by atoms with van der Waals surface area (Å²) in [5, 5.41) is 0. The first-order chi connectivity index (χ1) is 9.61. The molecule has 3 rings (SSSR count). The molecule has 0 unspecified atom stereocenters. The number of hydrogen-bond donors (Lipinski definition) is 1. The second-order valence-electron chi connectivity index (χ2n) is 5.46. The zero-order valence-corrected chi connectivity index (χ0v) is 12.3. The Morgan fingerprint density at radius 1 is 1.20 bits per heavy atom. The molecule has 2 aliphatic heterocycles. The van der Waals surface area contributed by atoms with Crippen LogP contribution in [0.15, 0.2) is 12.4 Å². The monoisotopic (exact) mass is 299 g/mol. The molecule has 20 heavy (non-hydrogen) atoms. The molecule has 0 aliphatic carbocycles. The van der Waals surface area contributed by atoms with Gasteiger partial charge in [0.25, 0.3) is 10.2 Å². The van der Waals surface area contributed by atoms with Crippen LogP contribution in [0.2, 0.25) is 0 Å². The van der Waals surface area contributed by atoms with E-state index in [4.69, 9.17) is 5.73 Å². The highest BCUT2D eigenvalue weighted by molar-refractivity contribution is 7.86. The number of hydrogen-bond acceptors (Lipinski definition) is 4. The van der Waals surface area contributed by atoms with Gasteiger partial charge in [0.2, 0.25) is 0 Å². The summed E-state index contributed by atoms with van der Waals surface area (Å²) in [6.45, 7) is 3.36. The minimum atomic E-state index is -3.36. The Morgan fingerprint density at radius 3 is 2.65 bits per heavy atom. The second-order valence-corrected chi connectivity index (χ2v) is 7.38. The third kappa shape index (κ3) is 2.48. The number of fused-ring (bicyclic) bond motifs is 1. The highest BCUT2D eigenvalue weighted by atomic mass is 32.2. The molecule has 2 aliphatic rings. The Balaban J connectivity index is 1.70. The third-order valence-electron chi connectivity index (χ3n) is 4.27. The van der Waals surface area contributed by atoms with Gasteiger partial charge in [-0.15, -0.1) is 0 Å². The van der Waals surface area contributed by atoms with Crippen LogP contribution >= 0.6 is 0 Å². The molecule has 0 radical (unpaired) electrons. The molecule has 7 nitrogen and oxygen atoms in total. The molecule has 2 N–H and O–H groups in total. The minimum Gasteiger partial charge on any atom is -0.333 e. The molecule has 0 aromatic carbocycles. The quantitative estimate of drug-likeness (QED) is 0.824. The lowest BCUT2D eigenvalue weighted by Crippen LogP contribution is -2.49. The number of nitrogens with two attached hydrogens (primary N) is 1. The van der Waals surface area contributed by atoms with Crippen LogP contribution in [0.3, 0.4) is 0 Å². The van der Waals surface area contributed by atoms with Crippen molar-refractivity contribution in [3.05, 3.63) is 18.2 Å². The van der Waals surface area contributed by atoms with E-state index < -0.39 is 10.2 Å². The van der Waals surface area contributed by atoms with Gasteiger partial charge < -0.3 is 10.3 Å². The molecule has 0 atom stereocenters. The van der Waals surface area contributed by atoms with Crippen LogP contribution in [0.25, 0.3) is 0 Å². The van der Waals surface area contributed by atoms with E-state index in [0.29, 0.717) is 45.2 Å². The fourth-order valence-electron chi connectivity index (χ4n) is 2.89. The van der Waals surface area contributed by atoms with Crippen LogP contribution in [-0.2, 0) is 23.3 Å². The fraction of sp³-hybridized carbons (Fsp3) is 0.750. The van der Waals surface area contributed by atoms with Gasteiger partial charge in [-0.2, -0.15) is 17.0 Å². The molecule has 0 spiro atoms. The van der Waals surface area contributed by atoms with Crippen LogP contribution in [-0.4, -0.2) is 52.8 Å². The van der Waals surface area contributed by atoms with Crippen LogP contribution in [0.1, 0.15) is 18.7 Å². The van der Waals surface area contributed by atoms with Gasteiger partial charge in [0.1, 0.15) is 5.82 Å². The molecule has 0 bridgehead atoms. The van der Waals surface area contributed by atoms with Crippen molar-refractivity contribution in [2.45, 2.75) is 25.9 Å². The summed E-state index contributed by atoms with van der Waals surface area (Å²) in [6.07, 6.45) is 5.33. The normalized spacial score (nSPS) is 22.9. The van der Waals surface area contributed by atoms with Crippen molar-refractivity contribution >= 4 is 10.2 Å². The number of rotatable bonds is 3. The molecule has 8 heteroatoms. The second kappa shape index (κ2) is 5.44. The predicted octanol–water partition coefficient (Wildman–Crippen LogP) is -0.386. The smallest absolute Gasteiger partial charge is 0.282 e. The zero-order chi connectivity index (χ0) is 14.2. The maximum absolute atomic E-state index is 12.7. The summed E-state index contributed by atoms with van der Waals surface area (Å²) in [4.78, 5) is 4.21. The highest BCUT2D eigenvalue weighted by Gasteiger charge is 2.34. The summed E-state index contributed by atoms with van der Waals surface area (Å²) in [6, 6.07) is 0. The van der Waals surface area contributed by atoms with E-state index in [1.807, 2.05) is 10.8 Å². The SMILES string of the molecule is NCC1CCN(S(=O)(=O)N2CCn3ccnc3C2)CC1. The summed E-state index contributed by atoms with van der Waals surface area (Å²) < 4.78 is 30.4. The van der Waals surface area contributed by atoms with Crippen molar-refractivity contribution in [3.63, 3.8) is 0 Å². The van der Waals surface area contributed by atoms with Gasteiger partial charge in [-0.05, 0) is 25.3 Å². The first-order valence-electron chi connectivity index (χ1n) is 7.06. The van der Waals surface area contributed by atoms with Crippen molar-refractivity contribution in [2.75, 3.05) is 26.2 Å². The Kier molecular flexibility index (Phi) is 3.80. The van der Waals surface area contributed by atoms with Crippen molar-refractivity contribution in [1.82, 2.24) is 18.2 Å². The lowest BCUT2D eigenvalue weighted by molar-refractivity contribution is 0.244. The standard InChI is InChI=1S/C12H21N5O2S/c13-9-11-1-4-16(5-2-11)20(18,19)17-8-7-15-6-3-14-12(15)10-17/h3,6,11H,1-2,4-5,7-10,13H2. The lowest BCUT2D eigenvalue weighted by Gasteiger charge is -2.36. The van der Waals surface area contributed by atoms with Crippen molar-refractivity contribution < 1.29 is 8.42 Å². The Bertz CT molecular complexity index is 562. The first-order valence-corrected chi connectivity index (χ1v) is 8.46. The molecule has 0 amide bonds. The van der Waals surface area contributed by atoms with Gasteiger partial charge in [-0.3, -0.25) is 0 Å².